The van der Waals surface area contributed by atoms with E-state index in [9.17, 15) is 0 Å². The van der Waals surface area contributed by atoms with E-state index in [0.717, 1.165) is 0 Å². The minimum absolute atomic E-state index is 0.155. The molecule has 11 heavy (non-hydrogen) atoms. The van der Waals surface area contributed by atoms with Gasteiger partial charge in [-0.1, -0.05) is 33.2 Å². The normalized spacial score (nSPS) is 13.6. The summed E-state index contributed by atoms with van der Waals surface area (Å²) < 4.78 is 0. The van der Waals surface area contributed by atoms with Gasteiger partial charge in [0.15, 0.2) is 0 Å². The van der Waals surface area contributed by atoms with Crippen LogP contribution in [0.2, 0.25) is 11.1 Å². The summed E-state index contributed by atoms with van der Waals surface area (Å²) in [6.07, 6.45) is 1.38. The van der Waals surface area contributed by atoms with Crippen molar-refractivity contribution in [3.8, 4) is 0 Å². The molecule has 0 saturated heterocycles. The van der Waals surface area contributed by atoms with Crippen molar-refractivity contribution in [1.82, 2.24) is 4.90 Å². The predicted octanol–water partition coefficient (Wildman–Crippen LogP) is 1.74. The molecule has 0 atom stereocenters. The average Bonchev–Trinajstić information content (AvgIpc) is 1.81. The van der Waals surface area contributed by atoms with Gasteiger partial charge in [0.25, 0.3) is 0 Å². The van der Waals surface area contributed by atoms with E-state index in [-0.39, 0.29) is 9.52 Å². The molecule has 0 amide bonds. The molecule has 0 aliphatic rings. The smallest absolute Gasteiger partial charge is 0.0280 e. The standard InChI is InChI=1S/C9H23NSi/c1-6-7-11-9(2,3)8-10(4)5/h6-8,11H2,1-5H3. The molecule has 0 aromatic rings. The molecular formula is C9H23NSi. The van der Waals surface area contributed by atoms with Crippen LogP contribution in [-0.4, -0.2) is 35.1 Å². The van der Waals surface area contributed by atoms with Crippen LogP contribution in [0.25, 0.3) is 0 Å². The van der Waals surface area contributed by atoms with E-state index in [1.165, 1.54) is 19.0 Å². The summed E-state index contributed by atoms with van der Waals surface area (Å²) in [7, 11) is 4.49. The summed E-state index contributed by atoms with van der Waals surface area (Å²) >= 11 is 0. The molecule has 2 heteroatoms. The number of nitrogens with zero attached hydrogens (tertiary/aromatic N) is 1. The van der Waals surface area contributed by atoms with Gasteiger partial charge in [0.2, 0.25) is 0 Å². The van der Waals surface area contributed by atoms with Crippen molar-refractivity contribution in [3.05, 3.63) is 0 Å². The van der Waals surface area contributed by atoms with Crippen LogP contribution in [0.5, 0.6) is 0 Å². The van der Waals surface area contributed by atoms with E-state index in [2.05, 4.69) is 39.8 Å². The van der Waals surface area contributed by atoms with Crippen LogP contribution in [0.15, 0.2) is 0 Å². The molecule has 0 aliphatic heterocycles. The van der Waals surface area contributed by atoms with Crippen molar-refractivity contribution in [3.63, 3.8) is 0 Å². The molecule has 0 aliphatic carbocycles. The number of hydrogen-bond donors (Lipinski definition) is 0. The molecule has 0 bridgehead atoms. The van der Waals surface area contributed by atoms with Crippen molar-refractivity contribution in [2.24, 2.45) is 0 Å². The van der Waals surface area contributed by atoms with Crippen molar-refractivity contribution < 1.29 is 0 Å². The highest BCUT2D eigenvalue weighted by Gasteiger charge is 2.17. The van der Waals surface area contributed by atoms with Crippen LogP contribution in [0.1, 0.15) is 27.2 Å². The van der Waals surface area contributed by atoms with Gasteiger partial charge in [-0.15, -0.1) is 0 Å². The molecule has 68 valence electrons. The molecule has 0 N–H and O–H groups in total. The summed E-state index contributed by atoms with van der Waals surface area (Å²) in [5.41, 5.74) is 0. The van der Waals surface area contributed by atoms with Gasteiger partial charge in [-0.2, -0.15) is 0 Å². The first kappa shape index (κ1) is 11.2. The Bertz CT molecular complexity index is 99.7. The zero-order chi connectivity index (χ0) is 8.91. The quantitative estimate of drug-likeness (QED) is 0.573. The van der Waals surface area contributed by atoms with Gasteiger partial charge in [0.1, 0.15) is 0 Å². The summed E-state index contributed by atoms with van der Waals surface area (Å²) in [5, 5.41) is 0.638. The second-order valence-electron chi connectivity index (χ2n) is 4.51. The lowest BCUT2D eigenvalue weighted by Crippen LogP contribution is -2.27. The third-order valence-electron chi connectivity index (χ3n) is 1.95. The Labute approximate surface area is 74.0 Å². The van der Waals surface area contributed by atoms with Gasteiger partial charge in [-0.25, -0.2) is 0 Å². The lowest BCUT2D eigenvalue weighted by Gasteiger charge is -2.27. The molecule has 1 nitrogen and oxygen atoms in total. The number of rotatable bonds is 5. The van der Waals surface area contributed by atoms with E-state index < -0.39 is 0 Å². The third-order valence-corrected chi connectivity index (χ3v) is 4.59. The van der Waals surface area contributed by atoms with Crippen LogP contribution in [-0.2, 0) is 0 Å². The second-order valence-corrected chi connectivity index (χ2v) is 7.63. The van der Waals surface area contributed by atoms with Crippen molar-refractivity contribution in [2.75, 3.05) is 20.6 Å². The summed E-state index contributed by atoms with van der Waals surface area (Å²) in [6, 6.07) is 1.50. The predicted molar refractivity (Wildman–Crippen MR) is 56.2 cm³/mol. The largest absolute Gasteiger partial charge is 0.309 e. The van der Waals surface area contributed by atoms with E-state index in [0.29, 0.717) is 5.04 Å². The average molecular weight is 173 g/mol. The number of hydrogen-bond acceptors (Lipinski definition) is 1. The molecule has 0 rings (SSSR count). The van der Waals surface area contributed by atoms with E-state index in [1.54, 1.807) is 0 Å². The zero-order valence-electron chi connectivity index (χ0n) is 8.78. The molecule has 0 fully saturated rings. The Morgan fingerprint density at radius 3 is 2.18 bits per heavy atom. The molecule has 0 heterocycles. The van der Waals surface area contributed by atoms with E-state index >= 15 is 0 Å². The minimum Gasteiger partial charge on any atom is -0.309 e. The lowest BCUT2D eigenvalue weighted by atomic mass is 10.2. The molecule has 0 spiro atoms. The molecule has 0 unspecified atom stereocenters. The van der Waals surface area contributed by atoms with Gasteiger partial charge in [-0.3, -0.25) is 0 Å². The molecular weight excluding hydrogens is 150 g/mol. The van der Waals surface area contributed by atoms with Crippen LogP contribution in [0, 0.1) is 0 Å². The van der Waals surface area contributed by atoms with Gasteiger partial charge in [0.05, 0.1) is 0 Å². The molecule has 0 aromatic heterocycles. The van der Waals surface area contributed by atoms with Crippen molar-refractivity contribution >= 4 is 9.52 Å². The Morgan fingerprint density at radius 2 is 1.82 bits per heavy atom. The van der Waals surface area contributed by atoms with Crippen LogP contribution in [0.3, 0.4) is 0 Å². The summed E-state index contributed by atoms with van der Waals surface area (Å²) in [5.74, 6) is 0. The highest BCUT2D eigenvalue weighted by Crippen LogP contribution is 2.24. The fourth-order valence-electron chi connectivity index (χ4n) is 1.59. The monoisotopic (exact) mass is 173 g/mol. The molecule has 0 radical (unpaired) electrons. The second kappa shape index (κ2) is 4.94. The minimum atomic E-state index is 0.155. The highest BCUT2D eigenvalue weighted by molar-refractivity contribution is 6.39. The Balaban J connectivity index is 3.61. The molecule has 0 saturated carbocycles. The zero-order valence-corrected chi connectivity index (χ0v) is 10.2. The van der Waals surface area contributed by atoms with Gasteiger partial charge >= 0.3 is 0 Å². The van der Waals surface area contributed by atoms with Crippen molar-refractivity contribution in [2.45, 2.75) is 38.3 Å². The Morgan fingerprint density at radius 1 is 1.27 bits per heavy atom. The Kier molecular flexibility index (Phi) is 5.02. The fraction of sp³-hybridized carbons (Fsp3) is 1.00. The first-order valence-corrected chi connectivity index (χ1v) is 6.33. The third kappa shape index (κ3) is 6.57. The van der Waals surface area contributed by atoms with E-state index in [4.69, 9.17) is 0 Å². The van der Waals surface area contributed by atoms with Gasteiger partial charge in [0, 0.05) is 9.52 Å². The summed E-state index contributed by atoms with van der Waals surface area (Å²) in [4.78, 5) is 2.31. The maximum atomic E-state index is 2.41. The van der Waals surface area contributed by atoms with Crippen molar-refractivity contribution in [1.29, 1.82) is 0 Å². The van der Waals surface area contributed by atoms with Crippen LogP contribution >= 0.6 is 0 Å². The van der Waals surface area contributed by atoms with Gasteiger partial charge in [-0.05, 0) is 25.7 Å². The summed E-state index contributed by atoms with van der Waals surface area (Å²) in [6.45, 7) is 8.38. The SMILES string of the molecule is CCC[SiH2]C(C)(C)CN(C)C. The first-order chi connectivity index (χ1) is 4.98. The van der Waals surface area contributed by atoms with E-state index in [1.807, 2.05) is 0 Å². The fourth-order valence-corrected chi connectivity index (χ4v) is 3.51. The molecule has 0 aromatic carbocycles. The van der Waals surface area contributed by atoms with Crippen LogP contribution in [0.4, 0.5) is 0 Å². The lowest BCUT2D eigenvalue weighted by molar-refractivity contribution is 0.361. The maximum Gasteiger partial charge on any atom is 0.0280 e. The highest BCUT2D eigenvalue weighted by atomic mass is 28.2. The first-order valence-electron chi connectivity index (χ1n) is 4.62. The maximum absolute atomic E-state index is 2.41. The Hall–Kier alpha value is 0.177. The van der Waals surface area contributed by atoms with Gasteiger partial charge < -0.3 is 4.90 Å². The topological polar surface area (TPSA) is 3.24 Å². The van der Waals surface area contributed by atoms with Crippen LogP contribution < -0.4 is 0 Å².